The van der Waals surface area contributed by atoms with Gasteiger partial charge in [-0.1, -0.05) is 12.1 Å². The highest BCUT2D eigenvalue weighted by Gasteiger charge is 2.15. The van der Waals surface area contributed by atoms with Crippen molar-refractivity contribution in [1.29, 1.82) is 0 Å². The molecule has 2 N–H and O–H groups in total. The topological polar surface area (TPSA) is 104 Å². The Kier molecular flexibility index (Phi) is 4.55. The number of primary amides is 1. The van der Waals surface area contributed by atoms with Crippen LogP contribution in [0.5, 0.6) is 0 Å². The summed E-state index contributed by atoms with van der Waals surface area (Å²) in [6.45, 7) is 1.41. The molecule has 116 valence electrons. The highest BCUT2D eigenvalue weighted by molar-refractivity contribution is 5.82. The zero-order chi connectivity index (χ0) is 16.3. The van der Waals surface area contributed by atoms with Crippen molar-refractivity contribution >= 4 is 22.8 Å². The molecule has 0 aliphatic carbocycles. The number of esters is 1. The van der Waals surface area contributed by atoms with Crippen molar-refractivity contribution in [3.8, 4) is 0 Å². The van der Waals surface area contributed by atoms with Crippen molar-refractivity contribution in [2.45, 2.75) is 25.9 Å². The minimum atomic E-state index is -0.971. The number of amides is 1. The largest absolute Gasteiger partial charge is 0.453 e. The zero-order valence-corrected chi connectivity index (χ0v) is 12.4. The third-order valence-corrected chi connectivity index (χ3v) is 3.38. The summed E-state index contributed by atoms with van der Waals surface area (Å²) in [7, 11) is 1.78. The van der Waals surface area contributed by atoms with E-state index in [0.29, 0.717) is 11.2 Å². The Hall–Kier alpha value is -2.70. The van der Waals surface area contributed by atoms with Crippen LogP contribution in [-0.4, -0.2) is 27.5 Å². The van der Waals surface area contributed by atoms with Crippen LogP contribution in [0.4, 0.5) is 0 Å². The summed E-state index contributed by atoms with van der Waals surface area (Å²) in [5.74, 6) is -0.786. The summed E-state index contributed by atoms with van der Waals surface area (Å²) in [5.41, 5.74) is 5.44. The fourth-order valence-electron chi connectivity index (χ4n) is 2.09. The van der Waals surface area contributed by atoms with E-state index in [1.807, 2.05) is 12.1 Å². The molecule has 1 atom stereocenters. The maximum Gasteiger partial charge on any atom is 0.307 e. The van der Waals surface area contributed by atoms with Gasteiger partial charge in [-0.05, 0) is 19.1 Å². The molecule has 0 radical (unpaired) electrons. The summed E-state index contributed by atoms with van der Waals surface area (Å²) in [6.07, 6.45) is -0.724. The number of aryl methyl sites for hydroxylation is 2. The molecule has 22 heavy (non-hydrogen) atoms. The second kappa shape index (κ2) is 6.38. The van der Waals surface area contributed by atoms with E-state index in [9.17, 15) is 14.4 Å². The quantitative estimate of drug-likeness (QED) is 0.799. The Morgan fingerprint density at radius 3 is 2.73 bits per heavy atom. The molecule has 0 saturated heterocycles. The first-order valence-electron chi connectivity index (χ1n) is 6.83. The number of nitrogens with two attached hydrogens (primary N) is 1. The van der Waals surface area contributed by atoms with Gasteiger partial charge in [0.05, 0.1) is 17.3 Å². The van der Waals surface area contributed by atoms with Gasteiger partial charge in [0.15, 0.2) is 6.10 Å². The maximum absolute atomic E-state index is 12.0. The predicted octanol–water partition coefficient (Wildman–Crippen LogP) is 0.283. The molecule has 0 bridgehead atoms. The number of rotatable bonds is 5. The highest BCUT2D eigenvalue weighted by atomic mass is 16.5. The van der Waals surface area contributed by atoms with Gasteiger partial charge < -0.3 is 15.0 Å². The summed E-state index contributed by atoms with van der Waals surface area (Å²) < 4.78 is 6.63. The van der Waals surface area contributed by atoms with Crippen molar-refractivity contribution in [3.05, 3.63) is 40.4 Å². The van der Waals surface area contributed by atoms with Gasteiger partial charge in [0.2, 0.25) is 0 Å². The van der Waals surface area contributed by atoms with E-state index in [2.05, 4.69) is 4.98 Å². The van der Waals surface area contributed by atoms with Gasteiger partial charge in [-0.25, -0.2) is 0 Å². The van der Waals surface area contributed by atoms with E-state index in [-0.39, 0.29) is 18.4 Å². The number of para-hydroxylation sites is 1. The third kappa shape index (κ3) is 3.30. The van der Waals surface area contributed by atoms with Crippen LogP contribution in [-0.2, 0) is 27.8 Å². The zero-order valence-electron chi connectivity index (χ0n) is 12.4. The predicted molar refractivity (Wildman–Crippen MR) is 80.1 cm³/mol. The number of aromatic nitrogens is 2. The first kappa shape index (κ1) is 15.7. The van der Waals surface area contributed by atoms with Crippen LogP contribution in [0.3, 0.4) is 0 Å². The van der Waals surface area contributed by atoms with Crippen molar-refractivity contribution in [3.63, 3.8) is 0 Å². The Morgan fingerprint density at radius 1 is 1.36 bits per heavy atom. The van der Waals surface area contributed by atoms with Gasteiger partial charge in [-0.15, -0.1) is 0 Å². The van der Waals surface area contributed by atoms with E-state index >= 15 is 0 Å². The molecule has 1 aromatic carbocycles. The molecule has 0 saturated carbocycles. The molecule has 7 heteroatoms. The minimum Gasteiger partial charge on any atom is -0.453 e. The molecular formula is C15H17N3O4. The molecule has 2 aromatic rings. The second-order valence-corrected chi connectivity index (χ2v) is 4.94. The summed E-state index contributed by atoms with van der Waals surface area (Å²) in [5, 5.41) is 0.527. The first-order valence-corrected chi connectivity index (χ1v) is 6.83. The standard InChI is InChI=1S/C15H17N3O4/c1-9(14(16)20)22-13(19)8-7-12-17-15(21)10-5-3-4-6-11(10)18(12)2/h3-6,9H,7-8H2,1-2H3,(H2,16,20)/t9-/m0/s1. The highest BCUT2D eigenvalue weighted by Crippen LogP contribution is 2.11. The molecule has 1 heterocycles. The smallest absolute Gasteiger partial charge is 0.307 e. The molecule has 0 spiro atoms. The number of fused-ring (bicyclic) bond motifs is 1. The van der Waals surface area contributed by atoms with Crippen LogP contribution < -0.4 is 11.3 Å². The Labute approximate surface area is 126 Å². The number of carbonyl (C=O) groups excluding carboxylic acids is 2. The number of carbonyl (C=O) groups is 2. The Balaban J connectivity index is 2.16. The van der Waals surface area contributed by atoms with E-state index in [1.165, 1.54) is 6.92 Å². The lowest BCUT2D eigenvalue weighted by molar-refractivity contribution is -0.153. The summed E-state index contributed by atoms with van der Waals surface area (Å²) in [4.78, 5) is 38.4. The van der Waals surface area contributed by atoms with Gasteiger partial charge in [0, 0.05) is 13.5 Å². The number of hydrogen-bond acceptors (Lipinski definition) is 5. The number of ether oxygens (including phenoxy) is 1. The molecule has 1 aromatic heterocycles. The molecule has 2 rings (SSSR count). The molecular weight excluding hydrogens is 286 g/mol. The monoisotopic (exact) mass is 303 g/mol. The molecule has 7 nitrogen and oxygen atoms in total. The van der Waals surface area contributed by atoms with Crippen molar-refractivity contribution in [2.75, 3.05) is 0 Å². The van der Waals surface area contributed by atoms with E-state index < -0.39 is 18.0 Å². The van der Waals surface area contributed by atoms with Crippen LogP contribution in [0.2, 0.25) is 0 Å². The molecule has 0 aliphatic heterocycles. The average Bonchev–Trinajstić information content (AvgIpc) is 2.49. The number of benzene rings is 1. The van der Waals surface area contributed by atoms with Crippen LogP contribution in [0.1, 0.15) is 19.2 Å². The lowest BCUT2D eigenvalue weighted by atomic mass is 10.2. The molecule has 0 fully saturated rings. The van der Waals surface area contributed by atoms with Gasteiger partial charge in [0.25, 0.3) is 11.5 Å². The number of hydrogen-bond donors (Lipinski definition) is 1. The third-order valence-electron chi connectivity index (χ3n) is 3.38. The normalized spacial score (nSPS) is 12.1. The first-order chi connectivity index (χ1) is 10.4. The van der Waals surface area contributed by atoms with Crippen molar-refractivity contribution in [1.82, 2.24) is 9.55 Å². The lowest BCUT2D eigenvalue weighted by Crippen LogP contribution is -2.30. The molecule has 1 amide bonds. The SMILES string of the molecule is C[C@H](OC(=O)CCc1nc(=O)c2ccccc2n1C)C(N)=O. The van der Waals surface area contributed by atoms with E-state index in [0.717, 1.165) is 5.52 Å². The number of nitrogens with zero attached hydrogens (tertiary/aromatic N) is 2. The Bertz CT molecular complexity index is 782. The lowest BCUT2D eigenvalue weighted by Gasteiger charge is -2.12. The van der Waals surface area contributed by atoms with Gasteiger partial charge in [-0.2, -0.15) is 4.98 Å². The van der Waals surface area contributed by atoms with Crippen LogP contribution in [0.15, 0.2) is 29.1 Å². The fraction of sp³-hybridized carbons (Fsp3) is 0.333. The van der Waals surface area contributed by atoms with E-state index in [1.54, 1.807) is 23.7 Å². The van der Waals surface area contributed by atoms with Crippen molar-refractivity contribution < 1.29 is 14.3 Å². The minimum absolute atomic E-state index is 0.0102. The maximum atomic E-state index is 12.0. The van der Waals surface area contributed by atoms with Crippen LogP contribution in [0.25, 0.3) is 10.9 Å². The Morgan fingerprint density at radius 2 is 2.05 bits per heavy atom. The van der Waals surface area contributed by atoms with Crippen LogP contribution in [0, 0.1) is 0 Å². The summed E-state index contributed by atoms with van der Waals surface area (Å²) >= 11 is 0. The fourth-order valence-corrected chi connectivity index (χ4v) is 2.09. The summed E-state index contributed by atoms with van der Waals surface area (Å²) in [6, 6.07) is 7.12. The van der Waals surface area contributed by atoms with Crippen molar-refractivity contribution in [2.24, 2.45) is 12.8 Å². The van der Waals surface area contributed by atoms with Gasteiger partial charge in [-0.3, -0.25) is 14.4 Å². The molecule has 0 unspecified atom stereocenters. The second-order valence-electron chi connectivity index (χ2n) is 4.94. The van der Waals surface area contributed by atoms with Gasteiger partial charge >= 0.3 is 5.97 Å². The average molecular weight is 303 g/mol. The van der Waals surface area contributed by atoms with Crippen LogP contribution >= 0.6 is 0 Å². The van der Waals surface area contributed by atoms with Gasteiger partial charge in [0.1, 0.15) is 5.82 Å². The van der Waals surface area contributed by atoms with E-state index in [4.69, 9.17) is 10.5 Å². The molecule has 0 aliphatic rings.